The van der Waals surface area contributed by atoms with Gasteiger partial charge in [-0.1, -0.05) is 267 Å². The van der Waals surface area contributed by atoms with Crippen LogP contribution in [-0.4, -0.2) is 29.9 Å². The molecule has 0 saturated heterocycles. The van der Waals surface area contributed by atoms with Crippen LogP contribution in [0.3, 0.4) is 0 Å². The Kier molecular flexibility index (Phi) is 16.4. The van der Waals surface area contributed by atoms with E-state index in [0.717, 1.165) is 160 Å². The van der Waals surface area contributed by atoms with Gasteiger partial charge in [0.05, 0.1) is 62.1 Å². The van der Waals surface area contributed by atoms with E-state index >= 15 is 0 Å². The molecule has 0 spiro atoms. The summed E-state index contributed by atoms with van der Waals surface area (Å²) in [7, 11) is 0. The van der Waals surface area contributed by atoms with Crippen LogP contribution in [0.1, 0.15) is 17.1 Å². The minimum atomic E-state index is 0.879. The van der Waals surface area contributed by atoms with Crippen molar-refractivity contribution in [2.24, 2.45) is 0 Å². The largest absolute Gasteiger partial charge is 0.456 e. The second-order valence-corrected chi connectivity index (χ2v) is 31.2. The molecule has 0 amide bonds. The lowest BCUT2D eigenvalue weighted by molar-refractivity contribution is 0.668. The average molecular weight is 1540 g/mol. The molecule has 0 radical (unpaired) electrons. The molecule has 0 unspecified atom stereocenters. The molecule has 0 atom stereocenters. The smallest absolute Gasteiger partial charge is 0.135 e. The highest BCUT2D eigenvalue weighted by Gasteiger charge is 2.20. The highest BCUT2D eigenvalue weighted by Crippen LogP contribution is 2.44. The number of rotatable bonds is 7. The maximum atomic E-state index is 6.07. The van der Waals surface area contributed by atoms with E-state index in [1.165, 1.54) is 99.1 Å². The number of furan rings is 3. The van der Waals surface area contributed by atoms with Crippen LogP contribution in [0, 0.1) is 20.8 Å². The highest BCUT2D eigenvalue weighted by atomic mass is 16.3. The first kappa shape index (κ1) is 69.6. The Hall–Kier alpha value is -15.8. The lowest BCUT2D eigenvalue weighted by Gasteiger charge is -2.13. The second kappa shape index (κ2) is 28.3. The van der Waals surface area contributed by atoms with E-state index in [2.05, 4.69) is 303 Å². The van der Waals surface area contributed by atoms with Crippen molar-refractivity contribution < 1.29 is 13.3 Å². The monoisotopic (exact) mass is 1530 g/mol. The Morgan fingerprint density at radius 3 is 0.808 bits per heavy atom. The average Bonchev–Trinajstić information content (AvgIpc) is 1.07. The Morgan fingerprint density at radius 2 is 0.425 bits per heavy atom. The summed E-state index contributed by atoms with van der Waals surface area (Å²) in [5.41, 5.74) is 30.1. The molecule has 0 aliphatic heterocycles. The molecule has 0 aliphatic rings. The maximum absolute atomic E-state index is 6.07. The van der Waals surface area contributed by atoms with Gasteiger partial charge < -0.3 is 13.3 Å². The number of hydrogen-bond donors (Lipinski definition) is 0. The summed E-state index contributed by atoms with van der Waals surface area (Å²) in [6.07, 6.45) is 3.74. The summed E-state index contributed by atoms with van der Waals surface area (Å²) >= 11 is 0. The molecule has 0 bridgehead atoms. The van der Waals surface area contributed by atoms with Gasteiger partial charge in [-0.05, 0) is 211 Å². The second-order valence-electron chi connectivity index (χ2n) is 31.2. The van der Waals surface area contributed by atoms with E-state index in [1.54, 1.807) is 0 Å². The Bertz CT molecular complexity index is 8530. The van der Waals surface area contributed by atoms with Gasteiger partial charge in [0.25, 0.3) is 0 Å². The van der Waals surface area contributed by atoms with Gasteiger partial charge >= 0.3 is 0 Å². The molecule has 9 heteroatoms. The third-order valence-corrected chi connectivity index (χ3v) is 24.0. The first-order valence-electron chi connectivity index (χ1n) is 40.6. The van der Waals surface area contributed by atoms with Crippen LogP contribution in [-0.2, 0) is 0 Å². The summed E-state index contributed by atoms with van der Waals surface area (Å²) in [5.74, 6) is 0. The fraction of sp³-hybridized carbons (Fsp3) is 0.0270. The number of para-hydroxylation sites is 3. The van der Waals surface area contributed by atoms with E-state index in [9.17, 15) is 0 Å². The third-order valence-electron chi connectivity index (χ3n) is 24.0. The van der Waals surface area contributed by atoms with Gasteiger partial charge in [0, 0.05) is 76.4 Å². The van der Waals surface area contributed by atoms with Crippen LogP contribution in [0.15, 0.2) is 384 Å². The van der Waals surface area contributed by atoms with Crippen LogP contribution in [0.4, 0.5) is 0 Å². The Balaban J connectivity index is 0.000000105. The van der Waals surface area contributed by atoms with Crippen molar-refractivity contribution in [3.05, 3.63) is 387 Å². The molecule has 120 heavy (non-hydrogen) atoms. The molecule has 0 N–H and O–H groups in total. The van der Waals surface area contributed by atoms with Crippen LogP contribution in [0.5, 0.6) is 0 Å². The fourth-order valence-corrected chi connectivity index (χ4v) is 17.9. The van der Waals surface area contributed by atoms with Gasteiger partial charge in [-0.3, -0.25) is 9.97 Å². The number of aromatic nitrogens is 6. The minimum absolute atomic E-state index is 0.879. The molecular weight excluding hydrogens is 1470 g/mol. The van der Waals surface area contributed by atoms with Gasteiger partial charge in [0.2, 0.25) is 0 Å². The number of benzene rings is 19. The third kappa shape index (κ3) is 11.9. The van der Waals surface area contributed by atoms with E-state index in [4.69, 9.17) is 43.2 Å². The van der Waals surface area contributed by atoms with Crippen molar-refractivity contribution in [3.8, 4) is 78.0 Å². The zero-order valence-corrected chi connectivity index (χ0v) is 65.6. The SMILES string of the molecule is Cc1cnc2c3ccc(-c4cccc(-c5ccc6oc7ccccc7c6c5)c4)cc3c3ccccc3c2n1.Cc1nc2c3ccccc3c3cc(-c4cccc(-c5ccc6oc7ccccc7c6c5)c4)ccc3c2nc1C.c1ccc(-c2cnc3c4ccccc4c4cc(-c5cccc(-c6ccc7oc8ccccc8c7c6)c5)ccc4c3n2)cc1. The van der Waals surface area contributed by atoms with Crippen molar-refractivity contribution in [1.82, 2.24) is 29.9 Å². The van der Waals surface area contributed by atoms with Crippen LogP contribution >= 0.6 is 0 Å². The van der Waals surface area contributed by atoms with Gasteiger partial charge in [-0.2, -0.15) is 0 Å². The first-order chi connectivity index (χ1) is 59.2. The number of hydrogen-bond acceptors (Lipinski definition) is 9. The van der Waals surface area contributed by atoms with Crippen LogP contribution < -0.4 is 0 Å². The lowest BCUT2D eigenvalue weighted by Crippen LogP contribution is -1.96. The molecule has 0 saturated carbocycles. The highest BCUT2D eigenvalue weighted by molar-refractivity contribution is 6.26. The zero-order chi connectivity index (χ0) is 79.6. The molecule has 0 fully saturated rings. The van der Waals surface area contributed by atoms with Crippen molar-refractivity contribution in [2.45, 2.75) is 20.8 Å². The number of nitrogens with zero attached hydrogens (tertiary/aromatic N) is 6. The van der Waals surface area contributed by atoms with Crippen LogP contribution in [0.2, 0.25) is 0 Å². The molecule has 25 rings (SSSR count). The predicted octanol–water partition coefficient (Wildman–Crippen LogP) is 30.1. The summed E-state index contributed by atoms with van der Waals surface area (Å²) in [6.45, 7) is 6.06. The van der Waals surface area contributed by atoms with Gasteiger partial charge in [-0.25, -0.2) is 19.9 Å². The van der Waals surface area contributed by atoms with E-state index in [-0.39, 0.29) is 0 Å². The molecule has 6 aromatic heterocycles. The van der Waals surface area contributed by atoms with Crippen molar-refractivity contribution in [2.75, 3.05) is 0 Å². The molecule has 25 aromatic rings. The summed E-state index contributed by atoms with van der Waals surface area (Å²) in [5, 5.41) is 20.8. The Morgan fingerprint density at radius 1 is 0.167 bits per heavy atom. The predicted molar refractivity (Wildman–Crippen MR) is 498 cm³/mol. The number of aryl methyl sites for hydroxylation is 3. The minimum Gasteiger partial charge on any atom is -0.456 e. The Labute approximate surface area is 688 Å². The van der Waals surface area contributed by atoms with Crippen molar-refractivity contribution in [3.63, 3.8) is 0 Å². The summed E-state index contributed by atoms with van der Waals surface area (Å²) in [6, 6.07) is 126. The van der Waals surface area contributed by atoms with Crippen molar-refractivity contribution in [1.29, 1.82) is 0 Å². The summed E-state index contributed by atoms with van der Waals surface area (Å²) < 4.78 is 18.2. The first-order valence-corrected chi connectivity index (χ1v) is 40.6. The topological polar surface area (TPSA) is 117 Å². The van der Waals surface area contributed by atoms with E-state index in [0.29, 0.717) is 0 Å². The molecule has 562 valence electrons. The van der Waals surface area contributed by atoms with Gasteiger partial charge in [0.1, 0.15) is 33.5 Å². The standard InChI is InChI=1S/C40H24N2O.C36H24N2O.C35H22N2O/c1-2-9-25(10-3-1)36-24-41-39-32-15-5-4-13-30(32)34-22-28(17-19-33(34)40(39)42-36)26-11-8-12-27(21-26)29-18-20-38-35(23-29)31-14-6-7-16-37(31)43-38;1-21-22(2)38-36-30-16-14-25(19-31(30)27-10-3-4-12-29(27)35(36)37-21)23-8-7-9-24(18-23)26-15-17-34-32(20-26)28-11-5-6-13-33(28)39-34;1-21-20-36-34-29-15-13-24(18-30(29)26-9-2-3-11-28(26)35(34)37-21)22-7-6-8-23(17-22)25-14-16-33-31(19-25)27-10-4-5-12-32(27)38-33/h1-24H;3-20H,1-2H3;2-20H,1H3. The molecule has 19 aromatic carbocycles. The molecular formula is C111H70N6O3. The van der Waals surface area contributed by atoms with Crippen molar-refractivity contribution >= 4 is 164 Å². The number of fused-ring (bicyclic) bond motifs is 27. The quantitative estimate of drug-likeness (QED) is 0.144. The van der Waals surface area contributed by atoms with Gasteiger partial charge in [0.15, 0.2) is 0 Å². The lowest BCUT2D eigenvalue weighted by atomic mass is 9.94. The zero-order valence-electron chi connectivity index (χ0n) is 65.6. The maximum Gasteiger partial charge on any atom is 0.135 e. The molecule has 6 heterocycles. The summed E-state index contributed by atoms with van der Waals surface area (Å²) in [4.78, 5) is 29.6. The molecule has 0 aliphatic carbocycles. The van der Waals surface area contributed by atoms with E-state index in [1.807, 2.05) is 87.8 Å². The van der Waals surface area contributed by atoms with Gasteiger partial charge in [-0.15, -0.1) is 0 Å². The van der Waals surface area contributed by atoms with Crippen LogP contribution in [0.25, 0.3) is 242 Å². The molecule has 9 nitrogen and oxygen atoms in total. The fourth-order valence-electron chi connectivity index (χ4n) is 17.9. The normalized spacial score (nSPS) is 11.8. The van der Waals surface area contributed by atoms with E-state index < -0.39 is 0 Å².